The van der Waals surface area contributed by atoms with Crippen LogP contribution in [0, 0.1) is 5.82 Å². The molecule has 4 N–H and O–H groups in total. The summed E-state index contributed by atoms with van der Waals surface area (Å²) in [6.45, 7) is 5.42. The van der Waals surface area contributed by atoms with Gasteiger partial charge in [-0.1, -0.05) is 19.3 Å². The molecule has 1 saturated carbocycles. The number of pyridine rings is 2. The van der Waals surface area contributed by atoms with Gasteiger partial charge in [0.15, 0.2) is 17.3 Å². The number of likely N-dealkylation sites (N-methyl/N-ethyl adjacent to an activating group) is 1. The van der Waals surface area contributed by atoms with Gasteiger partial charge < -0.3 is 29.8 Å². The number of hydrogen-bond acceptors (Lipinski definition) is 11. The summed E-state index contributed by atoms with van der Waals surface area (Å²) in [5, 5.41) is 22.8. The average Bonchev–Trinajstić information content (AvgIpc) is 3.79. The highest BCUT2D eigenvalue weighted by atomic mass is 19.1. The van der Waals surface area contributed by atoms with E-state index in [1.54, 1.807) is 42.4 Å². The number of aliphatic hydroxyl groups is 1. The van der Waals surface area contributed by atoms with Crippen LogP contribution in [0.1, 0.15) is 105 Å². The van der Waals surface area contributed by atoms with E-state index < -0.39 is 23.2 Å². The van der Waals surface area contributed by atoms with E-state index in [4.69, 9.17) is 9.72 Å². The van der Waals surface area contributed by atoms with Gasteiger partial charge in [0.1, 0.15) is 17.1 Å². The Balaban J connectivity index is 0.000000176. The third-order valence-corrected chi connectivity index (χ3v) is 10.7. The summed E-state index contributed by atoms with van der Waals surface area (Å²) in [7, 11) is 1.79. The summed E-state index contributed by atoms with van der Waals surface area (Å²) in [5.74, 6) is -0.755. The second-order valence-corrected chi connectivity index (χ2v) is 15.2. The lowest BCUT2D eigenvalue weighted by atomic mass is 9.87. The molecule has 56 heavy (non-hydrogen) atoms. The third-order valence-electron chi connectivity index (χ3n) is 10.7. The molecule has 1 unspecified atom stereocenters. The standard InChI is InChI=1S/C23H26N6O2.C17H23FN4O3/c1-15(2)31-20-11-21-26-19(16-7-4-3-5-8-16)14-28(21)13-17(20)23(30)27-18-12-25-29-10-6-9-24-22(18)29;1-19-10-17(25)4-6-22(7-5-17)15-13(18)8-11(9-20-15)12-2-3-14(23)21-16(12)24/h6,9-16H,3-5,7-8H2,1-2H3,(H,27,30);8-9,12,19,25H,2-7,10H2,1H3,(H,21,23,24). The number of ether oxygens (including phenoxy) is 1. The fourth-order valence-corrected chi connectivity index (χ4v) is 7.78. The average molecular weight is 769 g/mol. The largest absolute Gasteiger partial charge is 0.490 e. The van der Waals surface area contributed by atoms with Crippen LogP contribution in [0.25, 0.3) is 11.3 Å². The Bertz CT molecular complexity index is 2210. The number of hydrogen-bond donors (Lipinski definition) is 4. The van der Waals surface area contributed by atoms with E-state index in [0.29, 0.717) is 73.0 Å². The number of nitrogens with one attached hydrogen (secondary N) is 3. The summed E-state index contributed by atoms with van der Waals surface area (Å²) < 4.78 is 24.1. The lowest BCUT2D eigenvalue weighted by Crippen LogP contribution is -2.49. The molecule has 3 fully saturated rings. The Morgan fingerprint density at radius 1 is 1.09 bits per heavy atom. The molecule has 0 bridgehead atoms. The van der Waals surface area contributed by atoms with E-state index >= 15 is 0 Å². The minimum atomic E-state index is -0.769. The molecule has 0 spiro atoms. The Kier molecular flexibility index (Phi) is 11.6. The number of rotatable bonds is 9. The quantitative estimate of drug-likeness (QED) is 0.152. The first-order valence-corrected chi connectivity index (χ1v) is 19.4. The molecule has 15 nitrogen and oxygen atoms in total. The normalized spacial score (nSPS) is 18.8. The number of fused-ring (bicyclic) bond motifs is 2. The Morgan fingerprint density at radius 2 is 1.88 bits per heavy atom. The first-order chi connectivity index (χ1) is 27.0. The van der Waals surface area contributed by atoms with Gasteiger partial charge in [0.25, 0.3) is 5.91 Å². The molecule has 5 aromatic rings. The first-order valence-electron chi connectivity index (χ1n) is 19.4. The maximum atomic E-state index is 14.6. The van der Waals surface area contributed by atoms with Crippen molar-refractivity contribution in [1.29, 1.82) is 0 Å². The maximum Gasteiger partial charge on any atom is 0.261 e. The van der Waals surface area contributed by atoms with E-state index in [1.165, 1.54) is 44.4 Å². The maximum absolute atomic E-state index is 14.6. The number of imide groups is 1. The molecule has 7 heterocycles. The molecule has 0 aromatic carbocycles. The topological polar surface area (TPSA) is 180 Å². The lowest BCUT2D eigenvalue weighted by molar-refractivity contribution is -0.134. The zero-order valence-corrected chi connectivity index (χ0v) is 32.0. The molecule has 3 aliphatic rings. The predicted molar refractivity (Wildman–Crippen MR) is 207 cm³/mol. The lowest BCUT2D eigenvalue weighted by Gasteiger charge is -2.38. The molecule has 296 valence electrons. The van der Waals surface area contributed by atoms with Gasteiger partial charge in [-0.15, -0.1) is 0 Å². The SMILES string of the molecule is CC(C)Oc1cc2nc(C3CCCCC3)cn2cc1C(=O)Nc1cnn2cccnc12.CNCC1(O)CCN(c2ncc(C3CCC(=O)NC3=O)cc2F)CC1. The van der Waals surface area contributed by atoms with Gasteiger partial charge in [0, 0.05) is 69.0 Å². The van der Waals surface area contributed by atoms with Gasteiger partial charge in [-0.2, -0.15) is 5.10 Å². The fraction of sp³-hybridized carbons (Fsp3) is 0.475. The van der Waals surface area contributed by atoms with Crippen LogP contribution in [0.4, 0.5) is 15.9 Å². The zero-order chi connectivity index (χ0) is 39.4. The number of anilines is 2. The predicted octanol–water partition coefficient (Wildman–Crippen LogP) is 4.76. The molecule has 2 aliphatic heterocycles. The van der Waals surface area contributed by atoms with Crippen LogP contribution in [0.3, 0.4) is 0 Å². The van der Waals surface area contributed by atoms with Crippen LogP contribution in [0.2, 0.25) is 0 Å². The first kappa shape index (κ1) is 38.8. The van der Waals surface area contributed by atoms with Crippen LogP contribution in [-0.2, 0) is 9.59 Å². The highest BCUT2D eigenvalue weighted by molar-refractivity contribution is 6.07. The molecule has 0 radical (unpaired) electrons. The van der Waals surface area contributed by atoms with Gasteiger partial charge in [0.05, 0.1) is 35.1 Å². The number of nitrogens with zero attached hydrogens (tertiary/aromatic N) is 7. The van der Waals surface area contributed by atoms with Crippen LogP contribution >= 0.6 is 0 Å². The van der Waals surface area contributed by atoms with Crippen molar-refractivity contribution in [2.45, 2.75) is 95.2 Å². The van der Waals surface area contributed by atoms with Gasteiger partial charge >= 0.3 is 0 Å². The van der Waals surface area contributed by atoms with E-state index in [9.17, 15) is 23.9 Å². The van der Waals surface area contributed by atoms with Crippen molar-refractivity contribution >= 4 is 40.5 Å². The fourth-order valence-electron chi connectivity index (χ4n) is 7.78. The van der Waals surface area contributed by atoms with Gasteiger partial charge in [-0.3, -0.25) is 19.7 Å². The summed E-state index contributed by atoms with van der Waals surface area (Å²) in [4.78, 5) is 51.5. The number of amides is 3. The second kappa shape index (κ2) is 16.7. The summed E-state index contributed by atoms with van der Waals surface area (Å²) in [6.07, 6.45) is 18.2. The van der Waals surface area contributed by atoms with Crippen LogP contribution < -0.4 is 25.6 Å². The molecule has 1 aliphatic carbocycles. The molecule has 2 saturated heterocycles. The van der Waals surface area contributed by atoms with Crippen molar-refractivity contribution in [1.82, 2.24) is 39.6 Å². The number of aromatic nitrogens is 6. The number of carbonyl (C=O) groups excluding carboxylic acids is 3. The van der Waals surface area contributed by atoms with Crippen molar-refractivity contribution in [3.8, 4) is 5.75 Å². The van der Waals surface area contributed by atoms with Gasteiger partial charge in [-0.25, -0.2) is 23.9 Å². The summed E-state index contributed by atoms with van der Waals surface area (Å²) in [5.41, 5.74) is 3.19. The van der Waals surface area contributed by atoms with E-state index in [-0.39, 0.29) is 30.2 Å². The van der Waals surface area contributed by atoms with Gasteiger partial charge in [-0.05, 0) is 70.7 Å². The number of carbonyl (C=O) groups is 3. The van der Waals surface area contributed by atoms with E-state index in [1.807, 2.05) is 29.2 Å². The van der Waals surface area contributed by atoms with Crippen molar-refractivity contribution in [2.75, 3.05) is 36.9 Å². The highest BCUT2D eigenvalue weighted by Gasteiger charge is 2.34. The molecule has 16 heteroatoms. The molecule has 8 rings (SSSR count). The number of imidazole rings is 1. The van der Waals surface area contributed by atoms with E-state index in [2.05, 4.69) is 37.2 Å². The summed E-state index contributed by atoms with van der Waals surface area (Å²) >= 11 is 0. The van der Waals surface area contributed by atoms with Crippen LogP contribution in [-0.4, -0.2) is 90.2 Å². The molecular formula is C40H49FN10O5. The van der Waals surface area contributed by atoms with Crippen molar-refractivity contribution in [3.05, 3.63) is 78.0 Å². The number of halogens is 1. The third kappa shape index (κ3) is 8.65. The Labute approximate surface area is 324 Å². The van der Waals surface area contributed by atoms with Crippen molar-refractivity contribution in [2.24, 2.45) is 0 Å². The van der Waals surface area contributed by atoms with Crippen molar-refractivity contribution in [3.63, 3.8) is 0 Å². The molecule has 5 aromatic heterocycles. The minimum absolute atomic E-state index is 0.0691. The van der Waals surface area contributed by atoms with Crippen LogP contribution in [0.5, 0.6) is 5.75 Å². The highest BCUT2D eigenvalue weighted by Crippen LogP contribution is 2.34. The minimum Gasteiger partial charge on any atom is -0.490 e. The second-order valence-electron chi connectivity index (χ2n) is 15.2. The molecule has 1 atom stereocenters. The van der Waals surface area contributed by atoms with Crippen LogP contribution in [0.15, 0.2) is 55.4 Å². The van der Waals surface area contributed by atoms with E-state index in [0.717, 1.165) is 11.3 Å². The Morgan fingerprint density at radius 3 is 2.59 bits per heavy atom. The van der Waals surface area contributed by atoms with Crippen molar-refractivity contribution < 1.29 is 28.6 Å². The Hall–Kier alpha value is -5.48. The molecule has 3 amide bonds. The monoisotopic (exact) mass is 768 g/mol. The molecular weight excluding hydrogens is 720 g/mol. The zero-order valence-electron chi connectivity index (χ0n) is 32.0. The number of piperidine rings is 2. The smallest absolute Gasteiger partial charge is 0.261 e. The van der Waals surface area contributed by atoms with Gasteiger partial charge in [0.2, 0.25) is 11.8 Å². The summed E-state index contributed by atoms with van der Waals surface area (Å²) in [6, 6.07) is 4.98.